The zero-order chi connectivity index (χ0) is 43.6. The fourth-order valence-electron chi connectivity index (χ4n) is 14.5. The van der Waals surface area contributed by atoms with E-state index in [0.717, 1.165) is 62.5 Å². The molecule has 1 aromatic rings. The number of nitrogens with zero attached hydrogens (tertiary/aromatic N) is 2. The molecular formula is C50H74N2O8. The van der Waals surface area contributed by atoms with Gasteiger partial charge in [-0.2, -0.15) is 0 Å². The van der Waals surface area contributed by atoms with Crippen LogP contribution in [-0.4, -0.2) is 95.2 Å². The number of hydrogen-bond acceptors (Lipinski definition) is 8. The molecule has 1 heterocycles. The lowest BCUT2D eigenvalue weighted by atomic mass is 9.33. The van der Waals surface area contributed by atoms with Crippen molar-refractivity contribution in [3.05, 3.63) is 47.0 Å². The van der Waals surface area contributed by atoms with Crippen LogP contribution >= 0.6 is 0 Å². The average molecular weight is 831 g/mol. The minimum absolute atomic E-state index is 0.00592. The Morgan fingerprint density at radius 3 is 2.25 bits per heavy atom. The van der Waals surface area contributed by atoms with Crippen LogP contribution in [0.4, 0.5) is 0 Å². The van der Waals surface area contributed by atoms with Gasteiger partial charge in [-0.25, -0.2) is 0 Å². The fraction of sp³-hybridized carbons (Fsp3) is 0.760. The molecule has 1 saturated heterocycles. The fourth-order valence-corrected chi connectivity index (χ4v) is 14.5. The van der Waals surface area contributed by atoms with E-state index >= 15 is 0 Å². The molecule has 1 aromatic carbocycles. The Morgan fingerprint density at radius 2 is 1.60 bits per heavy atom. The van der Waals surface area contributed by atoms with Gasteiger partial charge in [0.15, 0.2) is 5.78 Å². The number of Topliss-reactive ketones (excluding diaryl/α,β-unsaturated/α-hetero) is 1. The van der Waals surface area contributed by atoms with Gasteiger partial charge in [-0.1, -0.05) is 84.4 Å². The van der Waals surface area contributed by atoms with E-state index in [0.29, 0.717) is 57.6 Å². The largest absolute Gasteiger partial charge is 0.481 e. The van der Waals surface area contributed by atoms with E-state index in [1.165, 1.54) is 5.57 Å². The Balaban J connectivity index is 1.16. The number of carboxylic acids is 1. The molecule has 7 rings (SSSR count). The van der Waals surface area contributed by atoms with Crippen molar-refractivity contribution in [2.24, 2.45) is 56.2 Å². The molecule has 6 aliphatic rings. The molecule has 2 N–H and O–H groups in total. The molecular weight excluding hydrogens is 757 g/mol. The predicted molar refractivity (Wildman–Crippen MR) is 230 cm³/mol. The van der Waals surface area contributed by atoms with Crippen LogP contribution in [0.5, 0.6) is 0 Å². The van der Waals surface area contributed by atoms with Gasteiger partial charge in [0.25, 0.3) is 0 Å². The van der Waals surface area contributed by atoms with Gasteiger partial charge in [-0.05, 0) is 116 Å². The smallest absolute Gasteiger partial charge is 0.309 e. The van der Waals surface area contributed by atoms with E-state index in [-0.39, 0.29) is 64.3 Å². The molecule has 0 radical (unpaired) electrons. The van der Waals surface area contributed by atoms with Crippen LogP contribution in [-0.2, 0) is 35.2 Å². The Hall–Kier alpha value is -3.08. The van der Waals surface area contributed by atoms with E-state index in [4.69, 9.17) is 9.47 Å². The molecule has 5 aliphatic carbocycles. The first-order valence-electron chi connectivity index (χ1n) is 23.1. The zero-order valence-corrected chi connectivity index (χ0v) is 38.1. The Morgan fingerprint density at radius 1 is 0.917 bits per heavy atom. The number of aliphatic hydroxyl groups is 1. The molecule has 0 aromatic heterocycles. The first-order valence-corrected chi connectivity index (χ1v) is 23.1. The maximum atomic E-state index is 14.4. The van der Waals surface area contributed by atoms with Crippen LogP contribution in [0.15, 0.2) is 41.5 Å². The molecule has 10 heteroatoms. The van der Waals surface area contributed by atoms with Crippen LogP contribution in [0.3, 0.4) is 0 Å². The predicted octanol–water partition coefficient (Wildman–Crippen LogP) is 8.10. The first kappa shape index (κ1) is 45.0. The number of carbonyl (C=O) groups is 4. The average Bonchev–Trinajstić information content (AvgIpc) is 3.50. The van der Waals surface area contributed by atoms with E-state index in [1.54, 1.807) is 13.8 Å². The van der Waals surface area contributed by atoms with Crippen LogP contribution in [0.2, 0.25) is 0 Å². The quantitative estimate of drug-likeness (QED) is 0.201. The minimum atomic E-state index is -1.18. The van der Waals surface area contributed by atoms with Crippen LogP contribution in [0.25, 0.3) is 0 Å². The SMILES string of the molecule is CC(C)C1=C2[C@H]3CC[C@@H]4[C@@]5(C)CC[C@H](OC(=O)CC(C)(C)C(=O)O)C(C)(C)[C@@H]5CC[C@@]4(C)[C@]3(C)CC[C@@]2([C@@H](O)CN(CC(=O)N2CCOCC2)Cc2ccccc2)CC1=O. The number of ketones is 1. The molecule has 332 valence electrons. The number of carbonyl (C=O) groups excluding carboxylic acids is 3. The Labute approximate surface area is 359 Å². The lowest BCUT2D eigenvalue weighted by Crippen LogP contribution is -2.66. The molecule has 1 amide bonds. The number of morpholine rings is 1. The first-order chi connectivity index (χ1) is 28.1. The third kappa shape index (κ3) is 7.50. The number of fused-ring (bicyclic) bond motifs is 7. The van der Waals surface area contributed by atoms with Crippen molar-refractivity contribution in [2.75, 3.05) is 39.4 Å². The second-order valence-corrected chi connectivity index (χ2v) is 22.2. The molecule has 0 spiro atoms. The number of rotatable bonds is 12. The van der Waals surface area contributed by atoms with E-state index in [9.17, 15) is 29.4 Å². The standard InChI is InChI=1S/C50H74N2O8/c1-32(2)42-35(53)27-50(38(54)30-51(29-33-13-11-10-12-14-33)31-40(55)52-23-25-59-26-24-52)22-21-48(8)34(43(42)50)15-16-37-47(7)19-18-39(60-41(56)28-45(3,4)44(57)58)46(5,6)36(47)17-20-49(37,48)9/h10-14,32,34,36-39,54H,15-31H2,1-9H3,(H,57,58)/t34-,36+,37-,38+,39+,47+,48-,49-,50+/m1/s1. The molecule has 10 nitrogen and oxygen atoms in total. The summed E-state index contributed by atoms with van der Waals surface area (Å²) in [4.78, 5) is 57.1. The molecule has 1 aliphatic heterocycles. The monoisotopic (exact) mass is 831 g/mol. The maximum Gasteiger partial charge on any atom is 0.309 e. The van der Waals surface area contributed by atoms with Crippen molar-refractivity contribution in [2.45, 2.75) is 145 Å². The Kier molecular flexibility index (Phi) is 12.2. The summed E-state index contributed by atoms with van der Waals surface area (Å²) in [6.07, 6.45) is 6.55. The summed E-state index contributed by atoms with van der Waals surface area (Å²) in [5.74, 6) is -0.205. The van der Waals surface area contributed by atoms with Gasteiger partial charge in [-0.15, -0.1) is 0 Å². The molecule has 5 fully saturated rings. The zero-order valence-electron chi connectivity index (χ0n) is 38.1. The number of aliphatic carboxylic acids is 1. The summed E-state index contributed by atoms with van der Waals surface area (Å²) >= 11 is 0. The van der Waals surface area contributed by atoms with Gasteiger partial charge < -0.3 is 24.6 Å². The van der Waals surface area contributed by atoms with E-state index in [1.807, 2.05) is 23.1 Å². The highest BCUT2D eigenvalue weighted by Gasteiger charge is 2.71. The highest BCUT2D eigenvalue weighted by molar-refractivity contribution is 6.00. The third-order valence-corrected chi connectivity index (χ3v) is 17.9. The topological polar surface area (TPSA) is 134 Å². The van der Waals surface area contributed by atoms with Crippen molar-refractivity contribution in [1.82, 2.24) is 9.80 Å². The number of amides is 1. The summed E-state index contributed by atoms with van der Waals surface area (Å²) in [5.41, 5.74) is 1.07. The summed E-state index contributed by atoms with van der Waals surface area (Å²) in [5, 5.41) is 22.5. The van der Waals surface area contributed by atoms with Crippen molar-refractivity contribution in [1.29, 1.82) is 0 Å². The molecule has 4 saturated carbocycles. The van der Waals surface area contributed by atoms with Gasteiger partial charge in [0.05, 0.1) is 37.7 Å². The summed E-state index contributed by atoms with van der Waals surface area (Å²) in [7, 11) is 0. The van der Waals surface area contributed by atoms with Gasteiger partial charge in [0, 0.05) is 43.4 Å². The second-order valence-electron chi connectivity index (χ2n) is 22.2. The number of aliphatic hydroxyl groups excluding tert-OH is 1. The van der Waals surface area contributed by atoms with E-state index in [2.05, 4.69) is 65.5 Å². The van der Waals surface area contributed by atoms with Gasteiger partial charge in [-0.3, -0.25) is 24.1 Å². The van der Waals surface area contributed by atoms with E-state index < -0.39 is 28.9 Å². The highest BCUT2D eigenvalue weighted by atomic mass is 16.5. The number of allylic oxidation sites excluding steroid dienone is 1. The lowest BCUT2D eigenvalue weighted by Gasteiger charge is -2.72. The molecule has 9 atom stereocenters. The van der Waals surface area contributed by atoms with Crippen LogP contribution < -0.4 is 0 Å². The third-order valence-electron chi connectivity index (χ3n) is 17.9. The number of benzene rings is 1. The number of carboxylic acid groups (broad SMARTS) is 1. The molecule has 0 bridgehead atoms. The van der Waals surface area contributed by atoms with Crippen molar-refractivity contribution >= 4 is 23.6 Å². The van der Waals surface area contributed by atoms with Gasteiger partial charge in [0.2, 0.25) is 5.91 Å². The second kappa shape index (κ2) is 16.2. The Bertz CT molecular complexity index is 1850. The summed E-state index contributed by atoms with van der Waals surface area (Å²) in [6.45, 7) is 22.8. The van der Waals surface area contributed by atoms with Crippen LogP contribution in [0, 0.1) is 56.2 Å². The van der Waals surface area contributed by atoms with Gasteiger partial charge >= 0.3 is 11.9 Å². The van der Waals surface area contributed by atoms with Crippen molar-refractivity contribution in [3.63, 3.8) is 0 Å². The number of hydrogen-bond donors (Lipinski definition) is 2. The highest BCUT2D eigenvalue weighted by Crippen LogP contribution is 2.77. The van der Waals surface area contributed by atoms with Crippen molar-refractivity contribution < 1.29 is 38.9 Å². The lowest BCUT2D eigenvalue weighted by molar-refractivity contribution is -0.235. The summed E-state index contributed by atoms with van der Waals surface area (Å²) in [6, 6.07) is 10.2. The van der Waals surface area contributed by atoms with Crippen LogP contribution in [0.1, 0.15) is 132 Å². The maximum absolute atomic E-state index is 14.4. The minimum Gasteiger partial charge on any atom is -0.481 e. The molecule has 60 heavy (non-hydrogen) atoms. The van der Waals surface area contributed by atoms with Gasteiger partial charge in [0.1, 0.15) is 6.10 Å². The number of ether oxygens (including phenoxy) is 2. The summed E-state index contributed by atoms with van der Waals surface area (Å²) < 4.78 is 11.7. The normalized spacial score (nSPS) is 35.7. The number of esters is 1. The van der Waals surface area contributed by atoms with Crippen molar-refractivity contribution in [3.8, 4) is 0 Å². The molecule has 0 unspecified atom stereocenters.